The van der Waals surface area contributed by atoms with Gasteiger partial charge in [-0.25, -0.2) is 4.79 Å². The van der Waals surface area contributed by atoms with Crippen molar-refractivity contribution in [2.24, 2.45) is 17.8 Å². The summed E-state index contributed by atoms with van der Waals surface area (Å²) in [4.78, 5) is 55.4. The lowest BCUT2D eigenvalue weighted by molar-refractivity contribution is -0.160. The second-order valence-corrected chi connectivity index (χ2v) is 12.0. The number of halogens is 2. The van der Waals surface area contributed by atoms with Gasteiger partial charge in [0.05, 0.1) is 27.6 Å². The molecule has 3 amide bonds. The Morgan fingerprint density at radius 3 is 1.83 bits per heavy atom. The first kappa shape index (κ1) is 27.5. The Morgan fingerprint density at radius 2 is 1.34 bits per heavy atom. The molecule has 1 heterocycles. The van der Waals surface area contributed by atoms with Gasteiger partial charge in [-0.1, -0.05) is 91.6 Å². The summed E-state index contributed by atoms with van der Waals surface area (Å²) in [5.74, 6) is -3.93. The molecule has 1 fully saturated rings. The van der Waals surface area contributed by atoms with Crippen LogP contribution in [0.5, 0.6) is 0 Å². The minimum absolute atomic E-state index is 0.0269. The van der Waals surface area contributed by atoms with Gasteiger partial charge in [-0.05, 0) is 46.7 Å². The van der Waals surface area contributed by atoms with E-state index in [1.54, 1.807) is 18.2 Å². The maximum Gasteiger partial charge on any atom is 0.329 e. The number of amides is 3. The van der Waals surface area contributed by atoms with Crippen molar-refractivity contribution in [1.82, 2.24) is 4.90 Å². The van der Waals surface area contributed by atoms with Gasteiger partial charge in [0.15, 0.2) is 6.61 Å². The number of carbonyl (C=O) groups is 4. The SMILES string of the molecule is CC(C)C[C@@H](C(=O)OCC(=O)Nc1cccc(Cl)c1Cl)N1C(=O)[C@@H]2C3c4ccccc4C(c4ccccc43)[C@@H]2C1=O. The van der Waals surface area contributed by atoms with Crippen molar-refractivity contribution in [3.05, 3.63) is 99.0 Å². The molecule has 3 aliphatic carbocycles. The Bertz CT molecular complexity index is 1470. The highest BCUT2D eigenvalue weighted by molar-refractivity contribution is 6.44. The molecule has 1 aliphatic heterocycles. The smallest absolute Gasteiger partial charge is 0.329 e. The summed E-state index contributed by atoms with van der Waals surface area (Å²) in [6.07, 6.45) is 0.215. The molecule has 0 unspecified atom stereocenters. The Hall–Kier alpha value is -3.68. The van der Waals surface area contributed by atoms with E-state index >= 15 is 0 Å². The van der Waals surface area contributed by atoms with Crippen LogP contribution in [-0.4, -0.2) is 41.2 Å². The van der Waals surface area contributed by atoms with E-state index in [9.17, 15) is 19.2 Å². The number of hydrogen-bond donors (Lipinski definition) is 1. The normalized spacial score (nSPS) is 22.7. The topological polar surface area (TPSA) is 92.8 Å². The highest BCUT2D eigenvalue weighted by atomic mass is 35.5. The minimum atomic E-state index is -1.14. The monoisotopic (exact) mass is 590 g/mol. The first-order valence-corrected chi connectivity index (χ1v) is 14.4. The maximum absolute atomic E-state index is 14.1. The van der Waals surface area contributed by atoms with Crippen molar-refractivity contribution in [2.45, 2.75) is 38.1 Å². The molecule has 4 aliphatic rings. The number of esters is 1. The zero-order valence-corrected chi connectivity index (χ0v) is 24.0. The van der Waals surface area contributed by atoms with Crippen LogP contribution in [0.2, 0.25) is 10.0 Å². The van der Waals surface area contributed by atoms with E-state index in [2.05, 4.69) is 5.32 Å². The van der Waals surface area contributed by atoms with Crippen LogP contribution < -0.4 is 5.32 Å². The zero-order chi connectivity index (χ0) is 29.0. The molecular weight excluding hydrogens is 563 g/mol. The Labute approximate surface area is 247 Å². The predicted molar refractivity (Wildman–Crippen MR) is 155 cm³/mol. The number of nitrogens with one attached hydrogen (secondary N) is 1. The van der Waals surface area contributed by atoms with Gasteiger partial charge in [-0.15, -0.1) is 0 Å². The van der Waals surface area contributed by atoms with Crippen molar-refractivity contribution >= 4 is 52.6 Å². The van der Waals surface area contributed by atoms with E-state index in [1.807, 2.05) is 62.4 Å². The molecular formula is C32H28Cl2N2O5. The number of nitrogens with zero attached hydrogens (tertiary/aromatic N) is 1. The van der Waals surface area contributed by atoms with Crippen molar-refractivity contribution in [3.8, 4) is 0 Å². The van der Waals surface area contributed by atoms with E-state index in [0.717, 1.165) is 27.2 Å². The Morgan fingerprint density at radius 1 is 0.829 bits per heavy atom. The van der Waals surface area contributed by atoms with Gasteiger partial charge in [0.2, 0.25) is 11.8 Å². The fourth-order valence-corrected chi connectivity index (χ4v) is 7.13. The molecule has 0 saturated carbocycles. The average Bonchev–Trinajstić information content (AvgIpc) is 3.22. The number of rotatable bonds is 7. The summed E-state index contributed by atoms with van der Waals surface area (Å²) in [6.45, 7) is 3.20. The predicted octanol–water partition coefficient (Wildman–Crippen LogP) is 5.78. The number of ether oxygens (including phenoxy) is 1. The van der Waals surface area contributed by atoms with Gasteiger partial charge in [-0.3, -0.25) is 19.3 Å². The third kappa shape index (κ3) is 4.52. The van der Waals surface area contributed by atoms with Gasteiger partial charge in [0, 0.05) is 11.8 Å². The average molecular weight is 591 g/mol. The van der Waals surface area contributed by atoms with E-state index < -0.39 is 36.4 Å². The van der Waals surface area contributed by atoms with E-state index in [0.29, 0.717) is 0 Å². The van der Waals surface area contributed by atoms with E-state index in [-0.39, 0.29) is 51.7 Å². The molecule has 3 aromatic carbocycles. The molecule has 41 heavy (non-hydrogen) atoms. The van der Waals surface area contributed by atoms with Crippen LogP contribution in [0.15, 0.2) is 66.7 Å². The highest BCUT2D eigenvalue weighted by Crippen LogP contribution is 2.61. The van der Waals surface area contributed by atoms with Crippen LogP contribution in [0, 0.1) is 17.8 Å². The Kier molecular flexibility index (Phi) is 7.12. The van der Waals surface area contributed by atoms with Crippen LogP contribution in [0.4, 0.5) is 5.69 Å². The third-order valence-corrected chi connectivity index (χ3v) is 9.15. The summed E-state index contributed by atoms with van der Waals surface area (Å²) in [5, 5.41) is 3.01. The number of likely N-dealkylation sites (tertiary alicyclic amines) is 1. The molecule has 3 atom stereocenters. The molecule has 9 heteroatoms. The minimum Gasteiger partial charge on any atom is -0.454 e. The summed E-state index contributed by atoms with van der Waals surface area (Å²) >= 11 is 12.2. The van der Waals surface area contributed by atoms with Crippen molar-refractivity contribution in [2.75, 3.05) is 11.9 Å². The lowest BCUT2D eigenvalue weighted by Crippen LogP contribution is -2.47. The van der Waals surface area contributed by atoms with Crippen molar-refractivity contribution in [3.63, 3.8) is 0 Å². The molecule has 0 spiro atoms. The van der Waals surface area contributed by atoms with E-state index in [1.165, 1.54) is 0 Å². The molecule has 7 nitrogen and oxygen atoms in total. The molecule has 1 saturated heterocycles. The van der Waals surface area contributed by atoms with Gasteiger partial charge in [0.25, 0.3) is 5.91 Å². The summed E-state index contributed by atoms with van der Waals surface area (Å²) in [7, 11) is 0. The molecule has 0 radical (unpaired) electrons. The first-order chi connectivity index (χ1) is 19.7. The van der Waals surface area contributed by atoms with Gasteiger partial charge < -0.3 is 10.1 Å². The van der Waals surface area contributed by atoms with Crippen LogP contribution >= 0.6 is 23.2 Å². The van der Waals surface area contributed by atoms with Crippen LogP contribution in [0.3, 0.4) is 0 Å². The molecule has 2 bridgehead atoms. The van der Waals surface area contributed by atoms with Crippen molar-refractivity contribution < 1.29 is 23.9 Å². The summed E-state index contributed by atoms with van der Waals surface area (Å²) in [6, 6.07) is 19.6. The third-order valence-electron chi connectivity index (χ3n) is 8.33. The van der Waals surface area contributed by atoms with Gasteiger partial charge in [0.1, 0.15) is 6.04 Å². The highest BCUT2D eigenvalue weighted by Gasteiger charge is 2.63. The number of carbonyl (C=O) groups excluding carboxylic acids is 4. The maximum atomic E-state index is 14.1. The molecule has 1 N–H and O–H groups in total. The second-order valence-electron chi connectivity index (χ2n) is 11.2. The second kappa shape index (κ2) is 10.6. The van der Waals surface area contributed by atoms with E-state index in [4.69, 9.17) is 27.9 Å². The number of benzene rings is 3. The standard InChI is InChI=1S/C32H28Cl2N2O5/c1-16(2)14-23(32(40)41-15-24(37)35-22-13-7-12-21(33)29(22)34)36-30(38)27-25-17-8-3-4-9-18(17)26(28(27)31(36)39)20-11-6-5-10-19(20)25/h3-13,16,23,25-28H,14-15H2,1-2H3,(H,35,37)/t23-,25?,26?,27-,28+/m0/s1. The fraction of sp³-hybridized carbons (Fsp3) is 0.312. The van der Waals surface area contributed by atoms with Gasteiger partial charge in [-0.2, -0.15) is 0 Å². The molecule has 3 aromatic rings. The number of anilines is 1. The Balaban J connectivity index is 1.27. The quantitative estimate of drug-likeness (QED) is 0.278. The fourth-order valence-electron chi connectivity index (χ4n) is 6.78. The first-order valence-electron chi connectivity index (χ1n) is 13.6. The number of imide groups is 1. The van der Waals surface area contributed by atoms with Crippen LogP contribution in [0.1, 0.15) is 54.4 Å². The van der Waals surface area contributed by atoms with Crippen molar-refractivity contribution in [1.29, 1.82) is 0 Å². The lowest BCUT2D eigenvalue weighted by Gasteiger charge is -2.45. The molecule has 0 aromatic heterocycles. The lowest BCUT2D eigenvalue weighted by atomic mass is 9.55. The van der Waals surface area contributed by atoms with Crippen LogP contribution in [0.25, 0.3) is 0 Å². The molecule has 210 valence electrons. The summed E-state index contributed by atoms with van der Waals surface area (Å²) in [5.41, 5.74) is 4.50. The zero-order valence-electron chi connectivity index (χ0n) is 22.5. The van der Waals surface area contributed by atoms with Crippen LogP contribution in [-0.2, 0) is 23.9 Å². The molecule has 7 rings (SSSR count). The van der Waals surface area contributed by atoms with Gasteiger partial charge >= 0.3 is 5.97 Å². The largest absolute Gasteiger partial charge is 0.454 e. The summed E-state index contributed by atoms with van der Waals surface area (Å²) < 4.78 is 5.39. The number of hydrogen-bond acceptors (Lipinski definition) is 5.